The van der Waals surface area contributed by atoms with Crippen molar-refractivity contribution in [3.8, 4) is 0 Å². The van der Waals surface area contributed by atoms with Crippen molar-refractivity contribution in [1.29, 1.82) is 0 Å². The average molecular weight is 304 g/mol. The van der Waals surface area contributed by atoms with Gasteiger partial charge in [0.2, 0.25) is 0 Å². The van der Waals surface area contributed by atoms with Crippen LogP contribution in [0.5, 0.6) is 0 Å². The second kappa shape index (κ2) is 6.62. The zero-order valence-electron chi connectivity index (χ0n) is 13.1. The van der Waals surface area contributed by atoms with Crippen LogP contribution in [0.1, 0.15) is 32.6 Å². The van der Waals surface area contributed by atoms with Crippen LogP contribution in [0.2, 0.25) is 0 Å². The summed E-state index contributed by atoms with van der Waals surface area (Å²) in [7, 11) is 0. The normalized spacial score (nSPS) is 21.3. The van der Waals surface area contributed by atoms with Crippen molar-refractivity contribution in [2.45, 2.75) is 51.3 Å². The van der Waals surface area contributed by atoms with Gasteiger partial charge < -0.3 is 5.11 Å². The first-order chi connectivity index (χ1) is 10.7. The monoisotopic (exact) mass is 304 g/mol. The summed E-state index contributed by atoms with van der Waals surface area (Å²) in [5, 5.41) is 14.6. The quantitative estimate of drug-likeness (QED) is 0.899. The van der Waals surface area contributed by atoms with Gasteiger partial charge in [0.25, 0.3) is 0 Å². The second-order valence-electron chi connectivity index (χ2n) is 6.01. The smallest absolute Gasteiger partial charge is 0.350 e. The van der Waals surface area contributed by atoms with Crippen molar-refractivity contribution < 1.29 is 5.11 Å². The number of hydrogen-bond donors (Lipinski definition) is 1. The molecule has 0 aliphatic carbocycles. The Morgan fingerprint density at radius 2 is 2.23 bits per heavy atom. The van der Waals surface area contributed by atoms with E-state index in [0.717, 1.165) is 32.4 Å². The van der Waals surface area contributed by atoms with Crippen LogP contribution in [0.25, 0.3) is 5.65 Å². The average Bonchev–Trinajstić information content (AvgIpc) is 2.89. The number of aliphatic hydroxyl groups excluding tert-OH is 1. The Balaban J connectivity index is 1.72. The summed E-state index contributed by atoms with van der Waals surface area (Å²) >= 11 is 0. The molecule has 2 atom stereocenters. The van der Waals surface area contributed by atoms with Crippen molar-refractivity contribution in [3.63, 3.8) is 0 Å². The Bertz CT molecular complexity index is 678. The van der Waals surface area contributed by atoms with Crippen molar-refractivity contribution in [2.24, 2.45) is 0 Å². The largest absolute Gasteiger partial charge is 0.392 e. The summed E-state index contributed by atoms with van der Waals surface area (Å²) in [5.41, 5.74) is 0.580. The topological polar surface area (TPSA) is 62.8 Å². The van der Waals surface area contributed by atoms with Crippen molar-refractivity contribution in [1.82, 2.24) is 19.1 Å². The molecule has 0 amide bonds. The molecule has 0 bridgehead atoms. The highest BCUT2D eigenvalue weighted by molar-refractivity contribution is 5.35. The Labute approximate surface area is 130 Å². The lowest BCUT2D eigenvalue weighted by Crippen LogP contribution is -2.48. The molecule has 3 rings (SSSR count). The molecule has 1 fully saturated rings. The van der Waals surface area contributed by atoms with Crippen LogP contribution < -0.4 is 5.69 Å². The van der Waals surface area contributed by atoms with Crippen LogP contribution in [0, 0.1) is 0 Å². The van der Waals surface area contributed by atoms with E-state index in [1.165, 1.54) is 11.1 Å². The molecule has 1 N–H and O–H groups in total. The van der Waals surface area contributed by atoms with E-state index in [0.29, 0.717) is 12.2 Å². The lowest BCUT2D eigenvalue weighted by Gasteiger charge is -2.38. The zero-order chi connectivity index (χ0) is 15.5. The summed E-state index contributed by atoms with van der Waals surface area (Å²) in [6.07, 6.45) is 5.61. The summed E-state index contributed by atoms with van der Waals surface area (Å²) in [4.78, 5) is 14.6. The fourth-order valence-corrected chi connectivity index (χ4v) is 3.34. The molecule has 1 saturated heterocycles. The third-order valence-electron chi connectivity index (χ3n) is 4.61. The van der Waals surface area contributed by atoms with E-state index in [4.69, 9.17) is 0 Å². The van der Waals surface area contributed by atoms with Crippen molar-refractivity contribution in [3.05, 3.63) is 34.9 Å². The van der Waals surface area contributed by atoms with Crippen LogP contribution in [0.4, 0.5) is 0 Å². The number of fused-ring (bicyclic) bond motifs is 1. The molecule has 1 aliphatic rings. The predicted molar refractivity (Wildman–Crippen MR) is 85.0 cm³/mol. The van der Waals surface area contributed by atoms with Gasteiger partial charge in [0.15, 0.2) is 5.65 Å². The minimum absolute atomic E-state index is 0.0970. The Kier molecular flexibility index (Phi) is 4.59. The SMILES string of the molecule is CCC(O)C1CCCCN1CCn1nc2ccccn2c1=O. The van der Waals surface area contributed by atoms with E-state index in [-0.39, 0.29) is 17.8 Å². The molecule has 6 nitrogen and oxygen atoms in total. The number of hydrogen-bond acceptors (Lipinski definition) is 4. The number of rotatable bonds is 5. The van der Waals surface area contributed by atoms with Gasteiger partial charge in [-0.05, 0) is 37.9 Å². The molecule has 22 heavy (non-hydrogen) atoms. The van der Waals surface area contributed by atoms with Gasteiger partial charge >= 0.3 is 5.69 Å². The number of piperidine rings is 1. The molecule has 2 aromatic rings. The highest BCUT2D eigenvalue weighted by Gasteiger charge is 2.27. The zero-order valence-corrected chi connectivity index (χ0v) is 13.1. The third-order valence-corrected chi connectivity index (χ3v) is 4.61. The summed E-state index contributed by atoms with van der Waals surface area (Å²) in [5.74, 6) is 0. The van der Waals surface area contributed by atoms with Gasteiger partial charge in [0.1, 0.15) is 0 Å². The van der Waals surface area contributed by atoms with E-state index in [1.807, 2.05) is 25.1 Å². The molecular formula is C16H24N4O2. The second-order valence-corrected chi connectivity index (χ2v) is 6.01. The fourth-order valence-electron chi connectivity index (χ4n) is 3.34. The Morgan fingerprint density at radius 3 is 3.00 bits per heavy atom. The molecule has 2 unspecified atom stereocenters. The molecule has 3 heterocycles. The number of pyridine rings is 1. The molecule has 0 saturated carbocycles. The maximum Gasteiger partial charge on any atom is 0.350 e. The molecule has 0 radical (unpaired) electrons. The predicted octanol–water partition coefficient (Wildman–Crippen LogP) is 1.12. The van der Waals surface area contributed by atoms with Crippen molar-refractivity contribution >= 4 is 5.65 Å². The van der Waals surface area contributed by atoms with Crippen LogP contribution in [0.3, 0.4) is 0 Å². The summed E-state index contributed by atoms with van der Waals surface area (Å²) < 4.78 is 3.09. The molecule has 2 aromatic heterocycles. The number of aliphatic hydroxyl groups is 1. The number of likely N-dealkylation sites (tertiary alicyclic amines) is 1. The highest BCUT2D eigenvalue weighted by Crippen LogP contribution is 2.21. The highest BCUT2D eigenvalue weighted by atomic mass is 16.3. The van der Waals surface area contributed by atoms with Gasteiger partial charge in [-0.2, -0.15) is 0 Å². The summed E-state index contributed by atoms with van der Waals surface area (Å²) in [6.45, 7) is 4.33. The molecule has 1 aliphatic heterocycles. The molecule has 120 valence electrons. The molecule has 0 spiro atoms. The van der Waals surface area contributed by atoms with Gasteiger partial charge in [0, 0.05) is 18.8 Å². The Hall–Kier alpha value is -1.66. The van der Waals surface area contributed by atoms with Crippen molar-refractivity contribution in [2.75, 3.05) is 13.1 Å². The maximum absolute atomic E-state index is 12.3. The lowest BCUT2D eigenvalue weighted by atomic mass is 9.96. The van der Waals surface area contributed by atoms with Gasteiger partial charge in [0.05, 0.1) is 12.6 Å². The van der Waals surface area contributed by atoms with Crippen LogP contribution in [-0.4, -0.2) is 49.4 Å². The van der Waals surface area contributed by atoms with Crippen LogP contribution in [0.15, 0.2) is 29.2 Å². The third kappa shape index (κ3) is 2.94. The summed E-state index contributed by atoms with van der Waals surface area (Å²) in [6, 6.07) is 5.76. The maximum atomic E-state index is 12.3. The fraction of sp³-hybridized carbons (Fsp3) is 0.625. The first kappa shape index (κ1) is 15.2. The molecular weight excluding hydrogens is 280 g/mol. The number of nitrogens with zero attached hydrogens (tertiary/aromatic N) is 4. The van der Waals surface area contributed by atoms with E-state index in [2.05, 4.69) is 10.00 Å². The lowest BCUT2D eigenvalue weighted by molar-refractivity contribution is 0.0217. The van der Waals surface area contributed by atoms with Crippen LogP contribution >= 0.6 is 0 Å². The standard InChI is InChI=1S/C16H24N4O2/c1-2-14(21)13-7-3-5-9-18(13)11-12-20-16(22)19-10-6-4-8-15(19)17-20/h4,6,8,10,13-14,21H,2-3,5,7,9,11-12H2,1H3. The molecule has 0 aromatic carbocycles. The van der Waals surface area contributed by atoms with Gasteiger partial charge in [-0.1, -0.05) is 19.4 Å². The van der Waals surface area contributed by atoms with E-state index in [9.17, 15) is 9.90 Å². The van der Waals surface area contributed by atoms with E-state index in [1.54, 1.807) is 10.6 Å². The van der Waals surface area contributed by atoms with Crippen LogP contribution in [-0.2, 0) is 6.54 Å². The first-order valence-corrected chi connectivity index (χ1v) is 8.17. The first-order valence-electron chi connectivity index (χ1n) is 8.17. The van der Waals surface area contributed by atoms with Gasteiger partial charge in [-0.15, -0.1) is 5.10 Å². The van der Waals surface area contributed by atoms with E-state index < -0.39 is 0 Å². The molecule has 6 heteroatoms. The van der Waals surface area contributed by atoms with Gasteiger partial charge in [-0.25, -0.2) is 9.48 Å². The minimum Gasteiger partial charge on any atom is -0.392 e. The van der Waals surface area contributed by atoms with Gasteiger partial charge in [-0.3, -0.25) is 9.30 Å². The minimum atomic E-state index is -0.280. The number of aromatic nitrogens is 3. The Morgan fingerprint density at radius 1 is 1.36 bits per heavy atom. The van der Waals surface area contributed by atoms with E-state index >= 15 is 0 Å².